The second-order valence-electron chi connectivity index (χ2n) is 5.66. The molecule has 1 aromatic carbocycles. The minimum Gasteiger partial charge on any atom is -0.348 e. The second kappa shape index (κ2) is 7.16. The van der Waals surface area contributed by atoms with Gasteiger partial charge in [0.15, 0.2) is 5.82 Å². The fourth-order valence-corrected chi connectivity index (χ4v) is 2.86. The van der Waals surface area contributed by atoms with E-state index in [0.717, 1.165) is 11.4 Å². The summed E-state index contributed by atoms with van der Waals surface area (Å²) in [5.74, 6) is 0.720. The molecule has 3 rings (SSSR count). The molecule has 0 radical (unpaired) electrons. The summed E-state index contributed by atoms with van der Waals surface area (Å²) in [5.41, 5.74) is 1.75. The smallest absolute Gasteiger partial charge is 0.151 e. The van der Waals surface area contributed by atoms with E-state index in [1.54, 1.807) is 18.3 Å². The summed E-state index contributed by atoms with van der Waals surface area (Å²) < 4.78 is 13.8. The zero-order valence-electron chi connectivity index (χ0n) is 12.7. The average Bonchev–Trinajstić information content (AvgIpc) is 2.97. The van der Waals surface area contributed by atoms with E-state index in [9.17, 15) is 4.39 Å². The fraction of sp³-hybridized carbons (Fsp3) is 0.353. The second-order valence-corrected chi connectivity index (χ2v) is 5.66. The van der Waals surface area contributed by atoms with Gasteiger partial charge >= 0.3 is 0 Å². The molecule has 1 N–H and O–H groups in total. The molecule has 1 aliphatic heterocycles. The fourth-order valence-electron chi connectivity index (χ4n) is 2.86. The average molecular weight is 311 g/mol. The number of hydrogen-bond acceptors (Lipinski definition) is 5. The van der Waals surface area contributed by atoms with Crippen LogP contribution in [0.25, 0.3) is 0 Å². The van der Waals surface area contributed by atoms with Gasteiger partial charge in [-0.1, -0.05) is 12.1 Å². The van der Waals surface area contributed by atoms with Gasteiger partial charge in [0.2, 0.25) is 0 Å². The van der Waals surface area contributed by atoms with E-state index in [1.807, 2.05) is 29.2 Å². The quantitative estimate of drug-likeness (QED) is 0.915. The molecule has 0 spiro atoms. The maximum absolute atomic E-state index is 13.8. The standard InChI is InChI=1S/C17H18FN5/c18-15-8-16(23(12-15)17-2-1-7-21-22-17)11-20-10-14-5-3-13(9-19)4-6-14/h1-7,15-16,20H,8,10-12H2/t15-,16-/m0/s1. The lowest BCUT2D eigenvalue weighted by molar-refractivity contribution is 0.354. The van der Waals surface area contributed by atoms with Crippen molar-refractivity contribution in [2.45, 2.75) is 25.2 Å². The molecule has 0 bridgehead atoms. The first-order valence-corrected chi connectivity index (χ1v) is 7.64. The van der Waals surface area contributed by atoms with E-state index in [4.69, 9.17) is 5.26 Å². The largest absolute Gasteiger partial charge is 0.348 e. The van der Waals surface area contributed by atoms with E-state index >= 15 is 0 Å². The van der Waals surface area contributed by atoms with Crippen LogP contribution in [0.2, 0.25) is 0 Å². The number of benzene rings is 1. The molecule has 2 heterocycles. The van der Waals surface area contributed by atoms with E-state index in [1.165, 1.54) is 0 Å². The van der Waals surface area contributed by atoms with Crippen LogP contribution < -0.4 is 10.2 Å². The summed E-state index contributed by atoms with van der Waals surface area (Å²) in [7, 11) is 0. The van der Waals surface area contributed by atoms with Crippen LogP contribution in [-0.4, -0.2) is 35.5 Å². The van der Waals surface area contributed by atoms with Crippen molar-refractivity contribution in [3.8, 4) is 6.07 Å². The first-order chi connectivity index (χ1) is 11.3. The third kappa shape index (κ3) is 3.82. The number of aromatic nitrogens is 2. The Bertz CT molecular complexity index is 668. The molecule has 23 heavy (non-hydrogen) atoms. The van der Waals surface area contributed by atoms with Gasteiger partial charge in [-0.05, 0) is 29.8 Å². The first kappa shape index (κ1) is 15.4. The number of hydrogen-bond donors (Lipinski definition) is 1. The third-order valence-electron chi connectivity index (χ3n) is 4.01. The van der Waals surface area contributed by atoms with Crippen molar-refractivity contribution >= 4 is 5.82 Å². The van der Waals surface area contributed by atoms with Crippen LogP contribution in [0, 0.1) is 11.3 Å². The highest BCUT2D eigenvalue weighted by Crippen LogP contribution is 2.24. The number of nitrogens with one attached hydrogen (secondary N) is 1. The van der Waals surface area contributed by atoms with Crippen LogP contribution >= 0.6 is 0 Å². The molecule has 1 fully saturated rings. The Morgan fingerprint density at radius 3 is 2.83 bits per heavy atom. The van der Waals surface area contributed by atoms with E-state index in [0.29, 0.717) is 31.6 Å². The highest BCUT2D eigenvalue weighted by atomic mass is 19.1. The van der Waals surface area contributed by atoms with E-state index < -0.39 is 6.17 Å². The molecule has 0 amide bonds. The number of nitriles is 1. The molecule has 1 saturated heterocycles. The van der Waals surface area contributed by atoms with Gasteiger partial charge in [-0.25, -0.2) is 4.39 Å². The summed E-state index contributed by atoms with van der Waals surface area (Å²) in [4.78, 5) is 1.98. The van der Waals surface area contributed by atoms with Gasteiger partial charge in [0.25, 0.3) is 0 Å². The van der Waals surface area contributed by atoms with Crippen LogP contribution in [0.5, 0.6) is 0 Å². The predicted molar refractivity (Wildman–Crippen MR) is 85.5 cm³/mol. The lowest BCUT2D eigenvalue weighted by Crippen LogP contribution is -2.38. The highest BCUT2D eigenvalue weighted by molar-refractivity contribution is 5.40. The van der Waals surface area contributed by atoms with E-state index in [-0.39, 0.29) is 6.04 Å². The normalized spacial score (nSPS) is 20.4. The van der Waals surface area contributed by atoms with Crippen molar-refractivity contribution in [2.75, 3.05) is 18.0 Å². The lowest BCUT2D eigenvalue weighted by Gasteiger charge is -2.25. The molecule has 118 valence electrons. The Morgan fingerprint density at radius 1 is 1.30 bits per heavy atom. The van der Waals surface area contributed by atoms with Crippen molar-refractivity contribution in [3.63, 3.8) is 0 Å². The number of halogens is 1. The number of anilines is 1. The monoisotopic (exact) mass is 311 g/mol. The van der Waals surface area contributed by atoms with Gasteiger partial charge in [0, 0.05) is 31.7 Å². The van der Waals surface area contributed by atoms with Gasteiger partial charge < -0.3 is 10.2 Å². The topological polar surface area (TPSA) is 64.8 Å². The van der Waals surface area contributed by atoms with Gasteiger partial charge in [-0.15, -0.1) is 5.10 Å². The van der Waals surface area contributed by atoms with Gasteiger partial charge in [-0.2, -0.15) is 10.4 Å². The van der Waals surface area contributed by atoms with Gasteiger partial charge in [-0.3, -0.25) is 0 Å². The van der Waals surface area contributed by atoms with Crippen molar-refractivity contribution in [1.29, 1.82) is 5.26 Å². The van der Waals surface area contributed by atoms with Crippen molar-refractivity contribution in [3.05, 3.63) is 53.7 Å². The van der Waals surface area contributed by atoms with Crippen LogP contribution in [0.1, 0.15) is 17.5 Å². The summed E-state index contributed by atoms with van der Waals surface area (Å²) in [5, 5.41) is 20.1. The molecule has 1 aromatic heterocycles. The molecule has 0 unspecified atom stereocenters. The van der Waals surface area contributed by atoms with Gasteiger partial charge in [0.1, 0.15) is 6.17 Å². The Labute approximate surface area is 134 Å². The summed E-state index contributed by atoms with van der Waals surface area (Å²) >= 11 is 0. The molecule has 6 heteroatoms. The number of nitrogens with zero attached hydrogens (tertiary/aromatic N) is 4. The molecule has 0 aliphatic carbocycles. The summed E-state index contributed by atoms with van der Waals surface area (Å²) in [6, 6.07) is 13.3. The Kier molecular flexibility index (Phi) is 4.79. The van der Waals surface area contributed by atoms with Crippen LogP contribution in [0.3, 0.4) is 0 Å². The zero-order chi connectivity index (χ0) is 16.1. The maximum atomic E-state index is 13.8. The molecule has 0 saturated carbocycles. The molecule has 2 aromatic rings. The lowest BCUT2D eigenvalue weighted by atomic mass is 10.1. The minimum atomic E-state index is -0.835. The van der Waals surface area contributed by atoms with Crippen molar-refractivity contribution in [2.24, 2.45) is 0 Å². The minimum absolute atomic E-state index is 0.0695. The van der Waals surface area contributed by atoms with Crippen LogP contribution in [0.15, 0.2) is 42.6 Å². The Balaban J connectivity index is 1.57. The SMILES string of the molecule is N#Cc1ccc(CNC[C@@H]2C[C@H](F)CN2c2cccnn2)cc1. The Hall–Kier alpha value is -2.52. The van der Waals surface area contributed by atoms with Crippen molar-refractivity contribution < 1.29 is 4.39 Å². The third-order valence-corrected chi connectivity index (χ3v) is 4.01. The first-order valence-electron chi connectivity index (χ1n) is 7.64. The highest BCUT2D eigenvalue weighted by Gasteiger charge is 2.32. The maximum Gasteiger partial charge on any atom is 0.151 e. The number of rotatable bonds is 5. The van der Waals surface area contributed by atoms with E-state index in [2.05, 4.69) is 21.6 Å². The molecular formula is C17H18FN5. The predicted octanol–water partition coefficient (Wildman–Crippen LogP) is 2.05. The molecule has 2 atom stereocenters. The summed E-state index contributed by atoms with van der Waals surface area (Å²) in [6.45, 7) is 1.73. The molecular weight excluding hydrogens is 293 g/mol. The molecule has 1 aliphatic rings. The molecule has 5 nitrogen and oxygen atoms in total. The Morgan fingerprint density at radius 2 is 2.13 bits per heavy atom. The number of alkyl halides is 1. The van der Waals surface area contributed by atoms with Crippen molar-refractivity contribution in [1.82, 2.24) is 15.5 Å². The van der Waals surface area contributed by atoms with Crippen LogP contribution in [0.4, 0.5) is 10.2 Å². The van der Waals surface area contributed by atoms with Gasteiger partial charge in [0.05, 0.1) is 18.2 Å². The van der Waals surface area contributed by atoms with Crippen LogP contribution in [-0.2, 0) is 6.54 Å². The summed E-state index contributed by atoms with van der Waals surface area (Å²) in [6.07, 6.45) is 1.28. The zero-order valence-corrected chi connectivity index (χ0v) is 12.7.